The van der Waals surface area contributed by atoms with Gasteiger partial charge < -0.3 is 10.1 Å². The SMILES string of the molecule is CCC(C)c1ccccc1Oc1ccc(CNC)c(C)n1. The lowest BCUT2D eigenvalue weighted by Gasteiger charge is -2.15. The highest BCUT2D eigenvalue weighted by Crippen LogP contribution is 2.31. The second kappa shape index (κ2) is 7.23. The Balaban J connectivity index is 2.24. The molecule has 0 aliphatic carbocycles. The van der Waals surface area contributed by atoms with Crippen molar-refractivity contribution in [2.45, 2.75) is 39.7 Å². The minimum atomic E-state index is 0.478. The van der Waals surface area contributed by atoms with Crippen LogP contribution in [0, 0.1) is 6.92 Å². The summed E-state index contributed by atoms with van der Waals surface area (Å²) in [5.74, 6) is 2.04. The Labute approximate surface area is 127 Å². The van der Waals surface area contributed by atoms with E-state index in [0.29, 0.717) is 11.8 Å². The molecule has 0 aliphatic rings. The van der Waals surface area contributed by atoms with E-state index in [9.17, 15) is 0 Å². The molecule has 0 amide bonds. The van der Waals surface area contributed by atoms with Gasteiger partial charge in [0.25, 0.3) is 0 Å². The summed E-state index contributed by atoms with van der Waals surface area (Å²) in [6.45, 7) is 7.25. The molecule has 2 rings (SSSR count). The number of hydrogen-bond acceptors (Lipinski definition) is 3. The average molecular weight is 284 g/mol. The molecule has 0 saturated carbocycles. The van der Waals surface area contributed by atoms with Gasteiger partial charge in [-0.25, -0.2) is 4.98 Å². The third-order valence-electron chi connectivity index (χ3n) is 3.81. The molecule has 3 heteroatoms. The summed E-state index contributed by atoms with van der Waals surface area (Å²) in [6.07, 6.45) is 1.09. The van der Waals surface area contributed by atoms with Crippen LogP contribution in [0.1, 0.15) is 43.0 Å². The third kappa shape index (κ3) is 3.82. The highest BCUT2D eigenvalue weighted by Gasteiger charge is 2.11. The van der Waals surface area contributed by atoms with Crippen LogP contribution in [0.3, 0.4) is 0 Å². The van der Waals surface area contributed by atoms with Gasteiger partial charge in [0.2, 0.25) is 5.88 Å². The normalized spacial score (nSPS) is 12.2. The number of nitrogens with zero attached hydrogens (tertiary/aromatic N) is 1. The van der Waals surface area contributed by atoms with E-state index in [1.807, 2.05) is 32.2 Å². The van der Waals surface area contributed by atoms with Crippen molar-refractivity contribution in [2.24, 2.45) is 0 Å². The van der Waals surface area contributed by atoms with Crippen LogP contribution in [0.15, 0.2) is 36.4 Å². The summed E-state index contributed by atoms with van der Waals surface area (Å²) in [6, 6.07) is 12.2. The van der Waals surface area contributed by atoms with E-state index in [1.165, 1.54) is 11.1 Å². The van der Waals surface area contributed by atoms with Gasteiger partial charge in [0.1, 0.15) is 5.75 Å². The lowest BCUT2D eigenvalue weighted by Crippen LogP contribution is -2.07. The summed E-state index contributed by atoms with van der Waals surface area (Å²) in [5, 5.41) is 3.14. The maximum absolute atomic E-state index is 6.01. The quantitative estimate of drug-likeness (QED) is 0.853. The Kier molecular flexibility index (Phi) is 5.34. The molecule has 2 aromatic rings. The van der Waals surface area contributed by atoms with Crippen LogP contribution in [-0.2, 0) is 6.54 Å². The van der Waals surface area contributed by atoms with Gasteiger partial charge in [0, 0.05) is 18.3 Å². The maximum Gasteiger partial charge on any atom is 0.219 e. The van der Waals surface area contributed by atoms with Crippen LogP contribution in [-0.4, -0.2) is 12.0 Å². The Bertz CT molecular complexity index is 596. The van der Waals surface area contributed by atoms with Crippen molar-refractivity contribution >= 4 is 0 Å². The van der Waals surface area contributed by atoms with Gasteiger partial charge in [-0.15, -0.1) is 0 Å². The van der Waals surface area contributed by atoms with Crippen molar-refractivity contribution < 1.29 is 4.74 Å². The van der Waals surface area contributed by atoms with Crippen LogP contribution >= 0.6 is 0 Å². The first kappa shape index (κ1) is 15.5. The second-order valence-corrected chi connectivity index (χ2v) is 5.37. The number of hydrogen-bond donors (Lipinski definition) is 1. The molecule has 21 heavy (non-hydrogen) atoms. The maximum atomic E-state index is 6.01. The minimum Gasteiger partial charge on any atom is -0.439 e. The van der Waals surface area contributed by atoms with E-state index in [0.717, 1.165) is 24.4 Å². The summed E-state index contributed by atoms with van der Waals surface area (Å²) in [5.41, 5.74) is 3.43. The highest BCUT2D eigenvalue weighted by molar-refractivity contribution is 5.39. The van der Waals surface area contributed by atoms with E-state index in [4.69, 9.17) is 4.74 Å². The predicted molar refractivity (Wildman–Crippen MR) is 87.0 cm³/mol. The zero-order valence-electron chi connectivity index (χ0n) is 13.3. The van der Waals surface area contributed by atoms with Crippen molar-refractivity contribution in [1.29, 1.82) is 0 Å². The van der Waals surface area contributed by atoms with Crippen LogP contribution in [0.2, 0.25) is 0 Å². The lowest BCUT2D eigenvalue weighted by molar-refractivity contribution is 0.450. The average Bonchev–Trinajstić information content (AvgIpc) is 2.50. The number of benzene rings is 1. The fourth-order valence-corrected chi connectivity index (χ4v) is 2.31. The van der Waals surface area contributed by atoms with E-state index >= 15 is 0 Å². The number of pyridine rings is 1. The molecule has 1 N–H and O–H groups in total. The number of ether oxygens (including phenoxy) is 1. The molecule has 3 nitrogen and oxygen atoms in total. The van der Waals surface area contributed by atoms with Gasteiger partial charge >= 0.3 is 0 Å². The number of rotatable bonds is 6. The second-order valence-electron chi connectivity index (χ2n) is 5.37. The van der Waals surface area contributed by atoms with Gasteiger partial charge in [-0.3, -0.25) is 0 Å². The smallest absolute Gasteiger partial charge is 0.219 e. The molecule has 0 fully saturated rings. The molecule has 0 radical (unpaired) electrons. The zero-order valence-corrected chi connectivity index (χ0v) is 13.3. The molecule has 112 valence electrons. The molecule has 0 bridgehead atoms. The molecule has 1 aromatic carbocycles. The zero-order chi connectivity index (χ0) is 15.2. The predicted octanol–water partition coefficient (Wildman–Crippen LogP) is 4.42. The Morgan fingerprint density at radius 3 is 2.62 bits per heavy atom. The van der Waals surface area contributed by atoms with Crippen molar-refractivity contribution in [3.05, 3.63) is 53.2 Å². The highest BCUT2D eigenvalue weighted by atomic mass is 16.5. The van der Waals surface area contributed by atoms with Crippen molar-refractivity contribution in [2.75, 3.05) is 7.05 Å². The van der Waals surface area contributed by atoms with E-state index in [2.05, 4.69) is 42.3 Å². The summed E-state index contributed by atoms with van der Waals surface area (Å²) in [4.78, 5) is 4.55. The first-order chi connectivity index (χ1) is 10.2. The molecule has 1 atom stereocenters. The van der Waals surface area contributed by atoms with Gasteiger partial charge in [-0.05, 0) is 43.5 Å². The van der Waals surface area contributed by atoms with Crippen molar-refractivity contribution in [3.8, 4) is 11.6 Å². The molecule has 0 saturated heterocycles. The van der Waals surface area contributed by atoms with E-state index in [-0.39, 0.29) is 0 Å². The molecule has 1 aromatic heterocycles. The molecule has 1 heterocycles. The van der Waals surface area contributed by atoms with Crippen LogP contribution in [0.5, 0.6) is 11.6 Å². The van der Waals surface area contributed by atoms with Gasteiger partial charge in [0.15, 0.2) is 0 Å². The molecular formula is C18H24N2O. The standard InChI is InChI=1S/C18H24N2O/c1-5-13(2)16-8-6-7-9-17(16)21-18-11-10-15(12-19-4)14(3)20-18/h6-11,13,19H,5,12H2,1-4H3. The minimum absolute atomic E-state index is 0.478. The fraction of sp³-hybridized carbons (Fsp3) is 0.389. The van der Waals surface area contributed by atoms with Gasteiger partial charge in [-0.2, -0.15) is 0 Å². The van der Waals surface area contributed by atoms with E-state index in [1.54, 1.807) is 0 Å². The summed E-state index contributed by atoms with van der Waals surface area (Å²) in [7, 11) is 1.94. The first-order valence-electron chi connectivity index (χ1n) is 7.53. The van der Waals surface area contributed by atoms with Crippen LogP contribution < -0.4 is 10.1 Å². The van der Waals surface area contributed by atoms with Gasteiger partial charge in [0.05, 0.1) is 0 Å². The van der Waals surface area contributed by atoms with Crippen LogP contribution in [0.25, 0.3) is 0 Å². The van der Waals surface area contributed by atoms with Crippen molar-refractivity contribution in [1.82, 2.24) is 10.3 Å². The fourth-order valence-electron chi connectivity index (χ4n) is 2.31. The Morgan fingerprint density at radius 1 is 1.19 bits per heavy atom. The topological polar surface area (TPSA) is 34.1 Å². The number of nitrogens with one attached hydrogen (secondary N) is 1. The lowest BCUT2D eigenvalue weighted by atomic mass is 9.98. The number of para-hydroxylation sites is 1. The monoisotopic (exact) mass is 284 g/mol. The molecule has 0 aliphatic heterocycles. The third-order valence-corrected chi connectivity index (χ3v) is 3.81. The van der Waals surface area contributed by atoms with Crippen molar-refractivity contribution in [3.63, 3.8) is 0 Å². The number of aromatic nitrogens is 1. The van der Waals surface area contributed by atoms with Crippen LogP contribution in [0.4, 0.5) is 0 Å². The summed E-state index contributed by atoms with van der Waals surface area (Å²) >= 11 is 0. The van der Waals surface area contributed by atoms with Gasteiger partial charge in [-0.1, -0.05) is 38.1 Å². The molecule has 1 unspecified atom stereocenters. The molecule has 0 spiro atoms. The largest absolute Gasteiger partial charge is 0.439 e. The number of aryl methyl sites for hydroxylation is 1. The Morgan fingerprint density at radius 2 is 1.95 bits per heavy atom. The summed E-state index contributed by atoms with van der Waals surface area (Å²) < 4.78 is 6.01. The molecular weight excluding hydrogens is 260 g/mol. The van der Waals surface area contributed by atoms with E-state index < -0.39 is 0 Å². The Hall–Kier alpha value is -1.87. The first-order valence-corrected chi connectivity index (χ1v) is 7.53.